The van der Waals surface area contributed by atoms with Crippen molar-refractivity contribution in [1.82, 2.24) is 0 Å². The van der Waals surface area contributed by atoms with E-state index in [2.05, 4.69) is 6.58 Å². The number of fused-ring (bicyclic) bond motifs is 1. The van der Waals surface area contributed by atoms with Gasteiger partial charge in [-0.15, -0.1) is 0 Å². The lowest BCUT2D eigenvalue weighted by Crippen LogP contribution is -2.49. The summed E-state index contributed by atoms with van der Waals surface area (Å²) in [6, 6.07) is 0. The lowest BCUT2D eigenvalue weighted by atomic mass is 9.61. The Hall–Kier alpha value is -2.19. The lowest BCUT2D eigenvalue weighted by Gasteiger charge is -2.45. The average molecular weight is 432 g/mol. The van der Waals surface area contributed by atoms with E-state index < -0.39 is 64.7 Å². The number of aliphatic hydroxyl groups excluding tert-OH is 1. The van der Waals surface area contributed by atoms with Crippen molar-refractivity contribution in [1.29, 1.82) is 0 Å². The number of carbonyl (C=O) groups excluding carboxylic acids is 3. The van der Waals surface area contributed by atoms with Crippen molar-refractivity contribution in [3.05, 3.63) is 24.3 Å². The molecule has 1 aliphatic heterocycles. The summed E-state index contributed by atoms with van der Waals surface area (Å²) in [4.78, 5) is 37.8. The van der Waals surface area contributed by atoms with E-state index in [0.29, 0.717) is 37.7 Å². The summed E-state index contributed by atoms with van der Waals surface area (Å²) < 4.78 is 16.3. The molecule has 0 radical (unpaired) electrons. The van der Waals surface area contributed by atoms with Crippen LogP contribution in [0.15, 0.2) is 24.3 Å². The maximum absolute atomic E-state index is 13.5. The van der Waals surface area contributed by atoms with E-state index in [4.69, 9.17) is 14.2 Å². The van der Waals surface area contributed by atoms with Gasteiger partial charge in [0.05, 0.1) is 17.6 Å². The molecular formula is C23H28O8. The summed E-state index contributed by atoms with van der Waals surface area (Å²) in [7, 11) is 0. The molecular weight excluding hydrogens is 404 g/mol. The van der Waals surface area contributed by atoms with Gasteiger partial charge in [-0.25, -0.2) is 0 Å². The zero-order valence-corrected chi connectivity index (χ0v) is 17.8. The fourth-order valence-electron chi connectivity index (χ4n) is 7.70. The Morgan fingerprint density at radius 2 is 2.10 bits per heavy atom. The number of rotatable bonds is 3. The maximum atomic E-state index is 13.5. The Kier molecular flexibility index (Phi) is 4.14. The van der Waals surface area contributed by atoms with Crippen LogP contribution in [0.25, 0.3) is 0 Å². The molecule has 8 nitrogen and oxygen atoms in total. The van der Waals surface area contributed by atoms with E-state index in [1.54, 1.807) is 13.0 Å². The van der Waals surface area contributed by atoms with Crippen LogP contribution in [0.1, 0.15) is 46.0 Å². The van der Waals surface area contributed by atoms with E-state index in [0.717, 1.165) is 0 Å². The first-order valence-electron chi connectivity index (χ1n) is 10.8. The number of ether oxygens (including phenoxy) is 3. The van der Waals surface area contributed by atoms with E-state index in [9.17, 15) is 24.6 Å². The smallest absolute Gasteiger partial charge is 0.315 e. The van der Waals surface area contributed by atoms with Crippen molar-refractivity contribution in [2.45, 2.75) is 63.3 Å². The first-order chi connectivity index (χ1) is 14.5. The minimum Gasteiger partial charge on any atom is -0.458 e. The van der Waals surface area contributed by atoms with Gasteiger partial charge in [-0.2, -0.15) is 0 Å². The minimum atomic E-state index is -1.33. The minimum absolute atomic E-state index is 0.184. The van der Waals surface area contributed by atoms with Gasteiger partial charge in [-0.05, 0) is 43.6 Å². The molecule has 1 heterocycles. The van der Waals surface area contributed by atoms with Crippen LogP contribution in [0, 0.1) is 28.6 Å². The highest BCUT2D eigenvalue weighted by atomic mass is 16.7. The third-order valence-corrected chi connectivity index (χ3v) is 8.89. The lowest BCUT2D eigenvalue weighted by molar-refractivity contribution is -0.177. The zero-order chi connectivity index (χ0) is 22.4. The summed E-state index contributed by atoms with van der Waals surface area (Å²) in [6.45, 7) is 6.45. The average Bonchev–Trinajstić information content (AvgIpc) is 3.09. The monoisotopic (exact) mass is 432 g/mol. The van der Waals surface area contributed by atoms with Gasteiger partial charge in [0.15, 0.2) is 0 Å². The molecule has 5 aliphatic rings. The highest BCUT2D eigenvalue weighted by molar-refractivity contribution is 5.86. The largest absolute Gasteiger partial charge is 0.458 e. The molecule has 0 amide bonds. The van der Waals surface area contributed by atoms with Crippen molar-refractivity contribution in [3.63, 3.8) is 0 Å². The van der Waals surface area contributed by atoms with Crippen molar-refractivity contribution in [2.24, 2.45) is 28.6 Å². The molecule has 1 spiro atoms. The molecule has 31 heavy (non-hydrogen) atoms. The van der Waals surface area contributed by atoms with Gasteiger partial charge in [0, 0.05) is 25.2 Å². The Bertz CT molecular complexity index is 925. The van der Waals surface area contributed by atoms with Gasteiger partial charge < -0.3 is 24.4 Å². The molecule has 5 rings (SSSR count). The Morgan fingerprint density at radius 3 is 2.81 bits per heavy atom. The molecule has 8 atom stereocenters. The maximum Gasteiger partial charge on any atom is 0.315 e. The zero-order valence-electron chi connectivity index (χ0n) is 17.8. The van der Waals surface area contributed by atoms with E-state index in [-0.39, 0.29) is 5.92 Å². The van der Waals surface area contributed by atoms with Crippen molar-refractivity contribution in [3.8, 4) is 0 Å². The SMILES string of the molecule is C=C1CC23CC1(O)CCC2C12CC=CC(O)C(C)(C(=O)O1)C2C3C(=O)OCOC(C)=O. The second kappa shape index (κ2) is 6.19. The Labute approximate surface area is 180 Å². The molecule has 4 aliphatic carbocycles. The fraction of sp³-hybridized carbons (Fsp3) is 0.696. The molecule has 4 fully saturated rings. The van der Waals surface area contributed by atoms with Crippen molar-refractivity contribution in [2.75, 3.05) is 6.79 Å². The van der Waals surface area contributed by atoms with Crippen molar-refractivity contribution < 1.29 is 38.8 Å². The normalized spacial score (nSPS) is 49.2. The van der Waals surface area contributed by atoms with Crippen LogP contribution in [0.3, 0.4) is 0 Å². The first kappa shape index (κ1) is 20.7. The summed E-state index contributed by atoms with van der Waals surface area (Å²) >= 11 is 0. The molecule has 2 N–H and O–H groups in total. The van der Waals surface area contributed by atoms with E-state index >= 15 is 0 Å². The number of hydrogen-bond donors (Lipinski definition) is 2. The first-order valence-corrected chi connectivity index (χ1v) is 10.8. The second-order valence-electron chi connectivity index (χ2n) is 10.2. The predicted octanol–water partition coefficient (Wildman–Crippen LogP) is 1.40. The molecule has 1 saturated heterocycles. The van der Waals surface area contributed by atoms with Gasteiger partial charge >= 0.3 is 17.9 Å². The highest BCUT2D eigenvalue weighted by Crippen LogP contribution is 2.77. The summed E-state index contributed by atoms with van der Waals surface area (Å²) in [5.74, 6) is -3.33. The number of hydrogen-bond acceptors (Lipinski definition) is 8. The second-order valence-corrected chi connectivity index (χ2v) is 10.2. The van der Waals surface area contributed by atoms with E-state index in [1.807, 2.05) is 6.08 Å². The summed E-state index contributed by atoms with van der Waals surface area (Å²) in [6.07, 6.45) is 4.55. The van der Waals surface area contributed by atoms with Crippen LogP contribution in [-0.4, -0.2) is 52.2 Å². The number of esters is 3. The predicted molar refractivity (Wildman–Crippen MR) is 105 cm³/mol. The Morgan fingerprint density at radius 1 is 1.35 bits per heavy atom. The molecule has 4 bridgehead atoms. The highest BCUT2D eigenvalue weighted by Gasteiger charge is 2.83. The quantitative estimate of drug-likeness (QED) is 0.390. The molecule has 0 aromatic carbocycles. The third kappa shape index (κ3) is 2.35. The third-order valence-electron chi connectivity index (χ3n) is 8.89. The van der Waals surface area contributed by atoms with Gasteiger partial charge in [0.25, 0.3) is 0 Å². The van der Waals surface area contributed by atoms with Gasteiger partial charge in [0.1, 0.15) is 11.0 Å². The summed E-state index contributed by atoms with van der Waals surface area (Å²) in [5, 5.41) is 22.1. The Balaban J connectivity index is 1.65. The molecule has 0 aromatic rings. The number of aliphatic hydroxyl groups is 2. The van der Waals surface area contributed by atoms with Crippen LogP contribution in [0.5, 0.6) is 0 Å². The van der Waals surface area contributed by atoms with Gasteiger partial charge in [0.2, 0.25) is 6.79 Å². The molecule has 3 saturated carbocycles. The fourth-order valence-corrected chi connectivity index (χ4v) is 7.70. The van der Waals surface area contributed by atoms with E-state index in [1.165, 1.54) is 6.92 Å². The van der Waals surface area contributed by atoms with Crippen LogP contribution < -0.4 is 0 Å². The molecule has 168 valence electrons. The van der Waals surface area contributed by atoms with Crippen LogP contribution in [-0.2, 0) is 28.6 Å². The van der Waals surface area contributed by atoms with Crippen LogP contribution in [0.2, 0.25) is 0 Å². The van der Waals surface area contributed by atoms with Crippen LogP contribution >= 0.6 is 0 Å². The number of carbonyl (C=O) groups is 3. The van der Waals surface area contributed by atoms with Gasteiger partial charge in [-0.3, -0.25) is 14.4 Å². The van der Waals surface area contributed by atoms with Crippen molar-refractivity contribution >= 4 is 17.9 Å². The van der Waals surface area contributed by atoms with Crippen LogP contribution in [0.4, 0.5) is 0 Å². The summed E-state index contributed by atoms with van der Waals surface area (Å²) in [5.41, 5.74) is -3.37. The standard InChI is InChI=1S/C23H28O8/c1-12-9-21-10-22(12,28)8-6-14(21)23-7-4-5-15(25)20(3,19(27)31-23)17(23)16(21)18(26)30-11-29-13(2)24/h4-5,14-17,25,28H,1,6-11H2,2-3H3. The topological polar surface area (TPSA) is 119 Å². The molecule has 8 heteroatoms. The molecule has 8 unspecified atom stereocenters. The van der Waals surface area contributed by atoms with Gasteiger partial charge in [-0.1, -0.05) is 18.7 Å². The molecule has 0 aromatic heterocycles.